The van der Waals surface area contributed by atoms with E-state index in [0.717, 1.165) is 39.3 Å². The molecule has 37 heavy (non-hydrogen) atoms. The van der Waals surface area contributed by atoms with Gasteiger partial charge in [-0.15, -0.1) is 51.4 Å². The van der Waals surface area contributed by atoms with Crippen molar-refractivity contribution in [3.05, 3.63) is 55.8 Å². The van der Waals surface area contributed by atoms with Crippen LogP contribution in [0.3, 0.4) is 0 Å². The molecule has 5 atom stereocenters. The van der Waals surface area contributed by atoms with Gasteiger partial charge in [-0.05, 0) is 0 Å². The van der Waals surface area contributed by atoms with E-state index in [1.807, 2.05) is 0 Å². The van der Waals surface area contributed by atoms with E-state index in [0.29, 0.717) is 30.2 Å². The molecule has 7 heteroatoms. The normalized spacial score (nSPS) is 34.2. The zero-order valence-electron chi connectivity index (χ0n) is 23.0. The maximum Gasteiger partial charge on any atom is 6.00 e. The Morgan fingerprint density at radius 1 is 0.486 bits per heavy atom. The molecule has 0 aromatic heterocycles. The third-order valence-corrected chi connectivity index (χ3v) is 8.33. The molecule has 6 aliphatic rings. The molecule has 5 saturated heterocycles. The number of allylic oxidation sites excluding steroid dienone is 2. The first-order valence-electron chi connectivity index (χ1n) is 15.3. The molecule has 0 bridgehead atoms. The summed E-state index contributed by atoms with van der Waals surface area (Å²) < 4.78 is 0. The molecule has 5 fully saturated rings. The van der Waals surface area contributed by atoms with Crippen molar-refractivity contribution in [3.63, 3.8) is 0 Å². The second-order valence-electron chi connectivity index (χ2n) is 11.2. The Morgan fingerprint density at radius 2 is 0.892 bits per heavy atom. The zero-order chi connectivity index (χ0) is 24.7. The van der Waals surface area contributed by atoms with Gasteiger partial charge in [-0.3, -0.25) is 0 Å². The van der Waals surface area contributed by atoms with Crippen LogP contribution in [0.2, 0.25) is 0 Å². The molecule has 6 nitrogen and oxygen atoms in total. The van der Waals surface area contributed by atoms with Crippen molar-refractivity contribution in [2.24, 2.45) is 0 Å². The molecule has 208 valence electrons. The summed E-state index contributed by atoms with van der Waals surface area (Å²) in [5, 5.41) is 27.6. The molecule has 0 amide bonds. The van der Waals surface area contributed by atoms with Crippen LogP contribution in [0, 0.1) is 0 Å². The second kappa shape index (κ2) is 18.9. The van der Waals surface area contributed by atoms with Crippen molar-refractivity contribution in [2.45, 2.75) is 127 Å². The van der Waals surface area contributed by atoms with Gasteiger partial charge in [-0.2, -0.15) is 29.9 Å². The maximum atomic E-state index is 4.66. The molecular formula is C30H50N6Ru. The summed E-state index contributed by atoms with van der Waals surface area (Å²) in [6.07, 6.45) is 26.0. The van der Waals surface area contributed by atoms with Crippen LogP contribution >= 0.6 is 0 Å². The van der Waals surface area contributed by atoms with Gasteiger partial charge in [0.05, 0.1) is 0 Å². The van der Waals surface area contributed by atoms with Gasteiger partial charge in [0.15, 0.2) is 0 Å². The zero-order valence-corrected chi connectivity index (χ0v) is 24.7. The summed E-state index contributed by atoms with van der Waals surface area (Å²) in [6.45, 7) is 6.25. The summed E-state index contributed by atoms with van der Waals surface area (Å²) in [7, 11) is 0. The first kappa shape index (κ1) is 31.2. The molecule has 0 aliphatic carbocycles. The van der Waals surface area contributed by atoms with Crippen molar-refractivity contribution < 1.29 is 19.5 Å². The third kappa shape index (κ3) is 11.4. The number of rotatable bonds is 3. The molecule has 6 aliphatic heterocycles. The van der Waals surface area contributed by atoms with E-state index >= 15 is 0 Å². The van der Waals surface area contributed by atoms with Crippen LogP contribution in [0.5, 0.6) is 0 Å². The molecule has 5 unspecified atom stereocenters. The Morgan fingerprint density at radius 3 is 1.19 bits per heavy atom. The van der Waals surface area contributed by atoms with Crippen LogP contribution in [0.15, 0.2) is 23.9 Å². The van der Waals surface area contributed by atoms with E-state index in [1.165, 1.54) is 102 Å². The quantitative estimate of drug-likeness (QED) is 0.293. The van der Waals surface area contributed by atoms with Crippen molar-refractivity contribution >= 4 is 0 Å². The standard InChI is InChI=1S/2C10H18N2.C10H14N2.Ru/c3*1-3-7-11-9(5-1)10-6-2-4-8-12-10;/h2*9-10H,1-8H2;1,3,5,10H,2,4,6-8H2;/q3*-2;+6. The molecule has 0 aromatic carbocycles. The fourth-order valence-electron chi connectivity index (χ4n) is 6.20. The van der Waals surface area contributed by atoms with Crippen LogP contribution in [0.4, 0.5) is 0 Å². The average molecular weight is 596 g/mol. The molecular weight excluding hydrogens is 545 g/mol. The van der Waals surface area contributed by atoms with E-state index in [4.69, 9.17) is 0 Å². The van der Waals surface area contributed by atoms with Crippen molar-refractivity contribution in [1.29, 1.82) is 0 Å². The van der Waals surface area contributed by atoms with Crippen molar-refractivity contribution in [2.75, 3.05) is 39.3 Å². The van der Waals surface area contributed by atoms with E-state index in [9.17, 15) is 0 Å². The maximum absolute atomic E-state index is 4.66. The van der Waals surface area contributed by atoms with Gasteiger partial charge in [0.25, 0.3) is 0 Å². The van der Waals surface area contributed by atoms with Crippen LogP contribution in [-0.2, 0) is 19.5 Å². The van der Waals surface area contributed by atoms with Gasteiger partial charge in [0.2, 0.25) is 0 Å². The van der Waals surface area contributed by atoms with Gasteiger partial charge in [-0.25, -0.2) is 0 Å². The van der Waals surface area contributed by atoms with Gasteiger partial charge in [0, 0.05) is 0 Å². The van der Waals surface area contributed by atoms with Crippen molar-refractivity contribution in [1.82, 2.24) is 0 Å². The molecule has 0 radical (unpaired) electrons. The fraction of sp³-hybridized carbons (Fsp3) is 0.867. The smallest absolute Gasteiger partial charge is 0.686 e. The van der Waals surface area contributed by atoms with Crippen LogP contribution in [0.1, 0.15) is 96.3 Å². The largest absolute Gasteiger partial charge is 6.00 e. The topological polar surface area (TPSA) is 84.6 Å². The first-order valence-corrected chi connectivity index (χ1v) is 15.3. The second-order valence-corrected chi connectivity index (χ2v) is 11.2. The summed E-state index contributed by atoms with van der Waals surface area (Å²) in [6, 6.07) is 2.79. The summed E-state index contributed by atoms with van der Waals surface area (Å²) in [4.78, 5) is 0. The van der Waals surface area contributed by atoms with Gasteiger partial charge in [0.1, 0.15) is 0 Å². The predicted molar refractivity (Wildman–Crippen MR) is 155 cm³/mol. The Bertz CT molecular complexity index is 562. The number of piperidine rings is 5. The monoisotopic (exact) mass is 596 g/mol. The van der Waals surface area contributed by atoms with Crippen LogP contribution < -0.4 is 0 Å². The van der Waals surface area contributed by atoms with Gasteiger partial charge in [-0.1, -0.05) is 108 Å². The van der Waals surface area contributed by atoms with Gasteiger partial charge >= 0.3 is 19.5 Å². The van der Waals surface area contributed by atoms with E-state index in [2.05, 4.69) is 50.1 Å². The van der Waals surface area contributed by atoms with E-state index in [1.54, 1.807) is 0 Å². The number of nitrogens with zero attached hydrogens (tertiary/aromatic N) is 6. The minimum absolute atomic E-state index is 0. The Hall–Kier alpha value is -0.297. The number of hydrogen-bond donors (Lipinski definition) is 0. The molecule has 0 spiro atoms. The Balaban J connectivity index is 0.000000152. The molecule has 0 saturated carbocycles. The molecule has 6 heterocycles. The number of hydrogen-bond acceptors (Lipinski definition) is 0. The molecule has 0 aromatic rings. The molecule has 6 rings (SSSR count). The Kier molecular flexibility index (Phi) is 16.0. The summed E-state index contributed by atoms with van der Waals surface area (Å²) in [5.74, 6) is 0. The van der Waals surface area contributed by atoms with E-state index < -0.39 is 0 Å². The van der Waals surface area contributed by atoms with Crippen LogP contribution in [0.25, 0.3) is 31.9 Å². The SMILES string of the molecule is C1=CC[N-]C(C2CCCC[N-]2)=C1.C1CCC(C2CCCC[N-]2)[N-]C1.C1CCC(C2CCCC[N-]2)[N-]C1.[Ru+6]. The van der Waals surface area contributed by atoms with Crippen LogP contribution in [-0.4, -0.2) is 69.5 Å². The van der Waals surface area contributed by atoms with Crippen molar-refractivity contribution in [3.8, 4) is 0 Å². The Labute approximate surface area is 240 Å². The predicted octanol–water partition coefficient (Wildman–Crippen LogP) is 8.42. The average Bonchev–Trinajstić information content (AvgIpc) is 3.01. The summed E-state index contributed by atoms with van der Waals surface area (Å²) >= 11 is 0. The fourth-order valence-corrected chi connectivity index (χ4v) is 6.20. The van der Waals surface area contributed by atoms with Gasteiger partial charge < -0.3 is 31.9 Å². The minimum atomic E-state index is 0. The molecule has 0 N–H and O–H groups in total. The summed E-state index contributed by atoms with van der Waals surface area (Å²) in [5.41, 5.74) is 1.19. The minimum Gasteiger partial charge on any atom is -0.686 e. The third-order valence-electron chi connectivity index (χ3n) is 8.33. The first-order chi connectivity index (χ1) is 17.9. The van der Waals surface area contributed by atoms with E-state index in [-0.39, 0.29) is 19.5 Å².